The second-order valence-corrected chi connectivity index (χ2v) is 17.2. The predicted molar refractivity (Wildman–Crippen MR) is 257 cm³/mol. The van der Waals surface area contributed by atoms with Crippen molar-refractivity contribution in [2.75, 3.05) is 78.5 Å². The lowest BCUT2D eigenvalue weighted by molar-refractivity contribution is -0.125. The first-order valence-corrected chi connectivity index (χ1v) is 22.8. The summed E-state index contributed by atoms with van der Waals surface area (Å²) in [4.78, 5) is 62.9. The number of nitriles is 4. The molecule has 0 radical (unpaired) electrons. The molecule has 1 fully saturated rings. The van der Waals surface area contributed by atoms with Crippen LogP contribution < -0.4 is 21.3 Å². The van der Waals surface area contributed by atoms with E-state index in [0.717, 1.165) is 22.3 Å². The van der Waals surface area contributed by atoms with E-state index in [4.69, 9.17) is 0 Å². The van der Waals surface area contributed by atoms with Crippen molar-refractivity contribution in [2.45, 2.75) is 51.9 Å². The Kier molecular flexibility index (Phi) is 19.7. The third-order valence-electron chi connectivity index (χ3n) is 12.1. The summed E-state index contributed by atoms with van der Waals surface area (Å²) >= 11 is 0. The van der Waals surface area contributed by atoms with Crippen LogP contribution in [0.3, 0.4) is 0 Å². The number of hydrogen-bond acceptors (Lipinski definition) is 12. The summed E-state index contributed by atoms with van der Waals surface area (Å²) in [5.41, 5.74) is 5.51. The smallest absolute Gasteiger partial charge is 0.234 e. The Hall–Kier alpha value is -7.44. The summed E-state index contributed by atoms with van der Waals surface area (Å²) in [6, 6.07) is 35.4. The number of carbonyl (C=O) groups is 4. The Labute approximate surface area is 399 Å². The van der Waals surface area contributed by atoms with Gasteiger partial charge < -0.3 is 21.3 Å². The van der Waals surface area contributed by atoms with Crippen molar-refractivity contribution in [1.82, 2.24) is 40.9 Å². The summed E-state index contributed by atoms with van der Waals surface area (Å²) in [5.74, 6) is -0.824. The van der Waals surface area contributed by atoms with Crippen molar-refractivity contribution in [3.05, 3.63) is 142 Å². The lowest BCUT2D eigenvalue weighted by Crippen LogP contribution is -2.51. The van der Waals surface area contributed by atoms with Crippen molar-refractivity contribution < 1.29 is 19.2 Å². The number of rotatable bonds is 16. The molecule has 68 heavy (non-hydrogen) atoms. The molecule has 16 heteroatoms. The molecule has 4 amide bonds. The molecule has 5 rings (SSSR count). The van der Waals surface area contributed by atoms with Gasteiger partial charge in [-0.05, 0) is 98.5 Å². The normalized spacial score (nSPS) is 16.0. The van der Waals surface area contributed by atoms with Gasteiger partial charge in [0.15, 0.2) is 0 Å². The summed E-state index contributed by atoms with van der Waals surface area (Å²) in [7, 11) is 0. The van der Waals surface area contributed by atoms with E-state index in [9.17, 15) is 40.2 Å². The van der Waals surface area contributed by atoms with Crippen LogP contribution in [0, 0.1) is 45.3 Å². The molecule has 0 aliphatic carbocycles. The molecule has 4 atom stereocenters. The van der Waals surface area contributed by atoms with E-state index >= 15 is 0 Å². The minimum absolute atomic E-state index is 0.0515. The van der Waals surface area contributed by atoms with Crippen LogP contribution in [-0.4, -0.2) is 122 Å². The molecule has 16 nitrogen and oxygen atoms in total. The second-order valence-electron chi connectivity index (χ2n) is 17.2. The van der Waals surface area contributed by atoms with E-state index in [1.807, 2.05) is 95.8 Å². The third-order valence-corrected chi connectivity index (χ3v) is 12.1. The lowest BCUT2D eigenvalue weighted by Gasteiger charge is -2.34. The van der Waals surface area contributed by atoms with Crippen LogP contribution >= 0.6 is 0 Å². The van der Waals surface area contributed by atoms with Gasteiger partial charge in [-0.2, -0.15) is 21.0 Å². The van der Waals surface area contributed by atoms with Gasteiger partial charge in [0.2, 0.25) is 23.6 Å². The zero-order chi connectivity index (χ0) is 49.0. The molecule has 4 aromatic rings. The standard InChI is InChI=1S/C52H60N12O4/c1-37(45-13-5-41(29-53)6-14-45)57-49(65)33-61-21-23-62(34-50(66)58-38(2)46-15-7-42(30-54)8-16-46)25-27-64(36-52(68)60-40(4)48-19-11-44(32-56)12-20-48)28-26-63(24-22-61)35-51(67)59-39(3)47-17-9-43(31-55)10-18-47/h5-20,37-40H,21-28,33-36H2,1-4H3,(H,57,65)(H,58,66)(H,59,67)(H,60,68). The SMILES string of the molecule is CC(NC(=O)CN1CCN(CC(=O)NC(C)c2ccc(C#N)cc2)CCN(CC(=O)NC(C)c2ccc(C#N)cc2)CCN(CC(=O)NC(C)c2ccc(C#N)cc2)CC1)c1ccc(C#N)cc1. The van der Waals surface area contributed by atoms with Gasteiger partial charge in [0.1, 0.15) is 0 Å². The van der Waals surface area contributed by atoms with Crippen LogP contribution in [0.5, 0.6) is 0 Å². The molecule has 0 saturated carbocycles. The third kappa shape index (κ3) is 16.5. The Bertz CT molecular complexity index is 2120. The number of hydrogen-bond donors (Lipinski definition) is 4. The van der Waals surface area contributed by atoms with Gasteiger partial charge in [0.25, 0.3) is 0 Å². The van der Waals surface area contributed by atoms with Crippen LogP contribution in [-0.2, 0) is 19.2 Å². The maximum atomic E-state index is 13.7. The van der Waals surface area contributed by atoms with Crippen LogP contribution in [0.15, 0.2) is 97.1 Å². The fraction of sp³-hybridized carbons (Fsp3) is 0.385. The van der Waals surface area contributed by atoms with Crippen molar-refractivity contribution in [1.29, 1.82) is 21.0 Å². The van der Waals surface area contributed by atoms with Crippen molar-refractivity contribution in [2.24, 2.45) is 0 Å². The van der Waals surface area contributed by atoms with Gasteiger partial charge in [-0.15, -0.1) is 0 Å². The summed E-state index contributed by atoms with van der Waals surface area (Å²) in [5, 5.41) is 49.3. The van der Waals surface area contributed by atoms with Gasteiger partial charge in [0.05, 0.1) is 96.9 Å². The fourth-order valence-electron chi connectivity index (χ4n) is 7.89. The summed E-state index contributed by atoms with van der Waals surface area (Å²) in [6.45, 7) is 11.0. The van der Waals surface area contributed by atoms with E-state index in [1.54, 1.807) is 48.5 Å². The molecule has 0 spiro atoms. The van der Waals surface area contributed by atoms with Gasteiger partial charge in [-0.1, -0.05) is 48.5 Å². The van der Waals surface area contributed by atoms with Gasteiger partial charge in [-0.25, -0.2) is 0 Å². The number of carbonyl (C=O) groups excluding carboxylic acids is 4. The first-order chi connectivity index (χ1) is 32.7. The van der Waals surface area contributed by atoms with Crippen molar-refractivity contribution in [3.63, 3.8) is 0 Å². The fourth-order valence-corrected chi connectivity index (χ4v) is 7.89. The summed E-state index contributed by atoms with van der Waals surface area (Å²) < 4.78 is 0. The second kappa shape index (κ2) is 26.0. The molecule has 0 aromatic heterocycles. The predicted octanol–water partition coefficient (Wildman–Crippen LogP) is 4.20. The molecule has 352 valence electrons. The quantitative estimate of drug-likeness (QED) is 0.124. The molecular formula is C52H60N12O4. The Morgan fingerprint density at radius 2 is 0.529 bits per heavy atom. The zero-order valence-electron chi connectivity index (χ0n) is 39.2. The van der Waals surface area contributed by atoms with Crippen LogP contribution in [0.1, 0.15) is 96.4 Å². The van der Waals surface area contributed by atoms with Crippen LogP contribution in [0.25, 0.3) is 0 Å². The maximum absolute atomic E-state index is 13.7. The highest BCUT2D eigenvalue weighted by molar-refractivity contribution is 5.80. The average Bonchev–Trinajstić information content (AvgIpc) is 3.34. The topological polar surface area (TPSA) is 225 Å². The highest BCUT2D eigenvalue weighted by Gasteiger charge is 2.24. The molecule has 4 unspecified atom stereocenters. The molecule has 4 N–H and O–H groups in total. The van der Waals surface area contributed by atoms with Gasteiger partial charge >= 0.3 is 0 Å². The van der Waals surface area contributed by atoms with E-state index in [2.05, 4.69) is 45.5 Å². The Morgan fingerprint density at radius 1 is 0.368 bits per heavy atom. The van der Waals surface area contributed by atoms with Crippen molar-refractivity contribution in [3.8, 4) is 24.3 Å². The Morgan fingerprint density at radius 3 is 0.676 bits per heavy atom. The van der Waals surface area contributed by atoms with E-state index in [-0.39, 0.29) is 74.0 Å². The highest BCUT2D eigenvalue weighted by Crippen LogP contribution is 2.17. The average molecular weight is 917 g/mol. The minimum Gasteiger partial charge on any atom is -0.348 e. The number of nitrogens with zero attached hydrogens (tertiary/aromatic N) is 8. The van der Waals surface area contributed by atoms with E-state index < -0.39 is 0 Å². The maximum Gasteiger partial charge on any atom is 0.234 e. The van der Waals surface area contributed by atoms with Gasteiger partial charge in [0, 0.05) is 52.4 Å². The molecule has 1 aliphatic rings. The molecule has 1 saturated heterocycles. The number of nitrogens with one attached hydrogen (secondary N) is 4. The summed E-state index contributed by atoms with van der Waals surface area (Å²) in [6.07, 6.45) is 0. The molecule has 4 aromatic carbocycles. The van der Waals surface area contributed by atoms with Gasteiger partial charge in [-0.3, -0.25) is 38.8 Å². The van der Waals surface area contributed by atoms with Crippen LogP contribution in [0.2, 0.25) is 0 Å². The van der Waals surface area contributed by atoms with Crippen molar-refractivity contribution >= 4 is 23.6 Å². The zero-order valence-corrected chi connectivity index (χ0v) is 39.2. The molecule has 1 aliphatic heterocycles. The monoisotopic (exact) mass is 916 g/mol. The lowest BCUT2D eigenvalue weighted by atomic mass is 10.1. The molecule has 1 heterocycles. The van der Waals surface area contributed by atoms with E-state index in [0.29, 0.717) is 74.6 Å². The minimum atomic E-state index is -0.324. The number of amides is 4. The van der Waals surface area contributed by atoms with E-state index in [1.165, 1.54) is 0 Å². The first-order valence-electron chi connectivity index (χ1n) is 22.8. The first kappa shape index (κ1) is 51.5. The molecule has 0 bridgehead atoms. The molecular weight excluding hydrogens is 857 g/mol. The Balaban J connectivity index is 1.35. The highest BCUT2D eigenvalue weighted by atomic mass is 16.2. The number of benzene rings is 4. The van der Waals surface area contributed by atoms with Crippen LogP contribution in [0.4, 0.5) is 0 Å². The largest absolute Gasteiger partial charge is 0.348 e.